The molecule has 0 bridgehead atoms. The van der Waals surface area contributed by atoms with Gasteiger partial charge in [0.25, 0.3) is 0 Å². The van der Waals surface area contributed by atoms with E-state index in [9.17, 15) is 8.42 Å². The van der Waals surface area contributed by atoms with Gasteiger partial charge >= 0.3 is 0 Å². The molecule has 21 heavy (non-hydrogen) atoms. The van der Waals surface area contributed by atoms with Gasteiger partial charge in [-0.25, -0.2) is 8.42 Å². The maximum atomic E-state index is 12.9. The van der Waals surface area contributed by atoms with E-state index >= 15 is 0 Å². The van der Waals surface area contributed by atoms with Crippen molar-refractivity contribution in [3.05, 3.63) is 23.8 Å². The number of nitrogen functional groups attached to an aromatic ring is 1. The number of aryl methyl sites for hydroxylation is 1. The van der Waals surface area contributed by atoms with Gasteiger partial charge in [-0.15, -0.1) is 0 Å². The van der Waals surface area contributed by atoms with Crippen LogP contribution in [0.2, 0.25) is 0 Å². The number of rotatable bonds is 3. The first-order chi connectivity index (χ1) is 9.86. The fourth-order valence-corrected chi connectivity index (χ4v) is 4.55. The molecule has 1 heterocycles. The lowest BCUT2D eigenvalue weighted by atomic mass is 10.2. The van der Waals surface area contributed by atoms with Crippen LogP contribution >= 0.6 is 0 Å². The second kappa shape index (κ2) is 6.34. The normalized spacial score (nSPS) is 22.1. The van der Waals surface area contributed by atoms with E-state index in [1.165, 1.54) is 0 Å². The maximum Gasteiger partial charge on any atom is 0.243 e. The molecule has 0 spiro atoms. The first-order valence-corrected chi connectivity index (χ1v) is 8.86. The first-order valence-electron chi connectivity index (χ1n) is 7.42. The summed E-state index contributed by atoms with van der Waals surface area (Å²) < 4.78 is 27.5. The molecule has 1 aliphatic heterocycles. The average Bonchev–Trinajstić information content (AvgIpc) is 2.63. The Morgan fingerprint density at radius 2 is 2.05 bits per heavy atom. The molecule has 1 fully saturated rings. The number of benzene rings is 1. The molecular weight excluding hydrogens is 286 g/mol. The Kier molecular flexibility index (Phi) is 4.91. The molecule has 0 aliphatic carbocycles. The predicted molar refractivity (Wildman–Crippen MR) is 85.7 cm³/mol. The van der Waals surface area contributed by atoms with E-state index in [1.807, 2.05) is 20.9 Å². The second-order valence-electron chi connectivity index (χ2n) is 5.81. The summed E-state index contributed by atoms with van der Waals surface area (Å²) in [6.45, 7) is 6.19. The minimum atomic E-state index is -3.48. The Hall–Kier alpha value is -1.11. The van der Waals surface area contributed by atoms with Crippen molar-refractivity contribution in [2.45, 2.75) is 37.6 Å². The molecule has 0 aromatic heterocycles. The van der Waals surface area contributed by atoms with Crippen molar-refractivity contribution >= 4 is 15.7 Å². The van der Waals surface area contributed by atoms with Crippen LogP contribution in [-0.4, -0.2) is 50.3 Å². The summed E-state index contributed by atoms with van der Waals surface area (Å²) in [5.74, 6) is 0. The van der Waals surface area contributed by atoms with Crippen LogP contribution < -0.4 is 5.73 Å². The fraction of sp³-hybridized carbons (Fsp3) is 0.600. The zero-order valence-electron chi connectivity index (χ0n) is 13.0. The average molecular weight is 311 g/mol. The third-order valence-electron chi connectivity index (χ3n) is 4.18. The van der Waals surface area contributed by atoms with Crippen LogP contribution in [0, 0.1) is 6.92 Å². The molecular formula is C15H25N3O2S. The van der Waals surface area contributed by atoms with Crippen LogP contribution in [0.4, 0.5) is 5.69 Å². The van der Waals surface area contributed by atoms with Gasteiger partial charge < -0.3 is 10.6 Å². The van der Waals surface area contributed by atoms with Crippen molar-refractivity contribution in [3.63, 3.8) is 0 Å². The van der Waals surface area contributed by atoms with Gasteiger partial charge in [-0.3, -0.25) is 0 Å². The summed E-state index contributed by atoms with van der Waals surface area (Å²) in [5.41, 5.74) is 7.30. The van der Waals surface area contributed by atoms with Crippen molar-refractivity contribution in [1.82, 2.24) is 9.21 Å². The molecule has 1 atom stereocenters. The predicted octanol–water partition coefficient (Wildman–Crippen LogP) is 1.68. The number of nitrogens with two attached hydrogens (primary N) is 1. The van der Waals surface area contributed by atoms with E-state index in [2.05, 4.69) is 4.90 Å². The largest absolute Gasteiger partial charge is 0.398 e. The van der Waals surface area contributed by atoms with Crippen molar-refractivity contribution in [3.8, 4) is 0 Å². The summed E-state index contributed by atoms with van der Waals surface area (Å²) in [4.78, 5) is 2.50. The minimum Gasteiger partial charge on any atom is -0.398 e. The van der Waals surface area contributed by atoms with Crippen molar-refractivity contribution in [1.29, 1.82) is 0 Å². The molecule has 2 N–H and O–H groups in total. The van der Waals surface area contributed by atoms with Gasteiger partial charge in [0.1, 0.15) is 0 Å². The van der Waals surface area contributed by atoms with Gasteiger partial charge in [0, 0.05) is 24.8 Å². The van der Waals surface area contributed by atoms with E-state index in [0.717, 1.165) is 31.5 Å². The summed E-state index contributed by atoms with van der Waals surface area (Å²) in [6, 6.07) is 5.02. The third kappa shape index (κ3) is 3.39. The summed E-state index contributed by atoms with van der Waals surface area (Å²) in [7, 11) is -1.44. The molecule has 1 aliphatic rings. The molecule has 0 saturated carbocycles. The van der Waals surface area contributed by atoms with Gasteiger partial charge in [0.05, 0.1) is 4.90 Å². The summed E-state index contributed by atoms with van der Waals surface area (Å²) in [6.07, 6.45) is 1.67. The topological polar surface area (TPSA) is 66.6 Å². The first kappa shape index (κ1) is 16.3. The van der Waals surface area contributed by atoms with Crippen LogP contribution in [0.3, 0.4) is 0 Å². The quantitative estimate of drug-likeness (QED) is 0.863. The second-order valence-corrected chi connectivity index (χ2v) is 7.70. The highest BCUT2D eigenvalue weighted by Crippen LogP contribution is 2.25. The van der Waals surface area contributed by atoms with Crippen LogP contribution in [0.5, 0.6) is 0 Å². The number of likely N-dealkylation sites (N-methyl/N-ethyl adjacent to an activating group) is 1. The van der Waals surface area contributed by atoms with Crippen molar-refractivity contribution in [2.24, 2.45) is 0 Å². The smallest absolute Gasteiger partial charge is 0.243 e. The lowest BCUT2D eigenvalue weighted by Crippen LogP contribution is -2.43. The molecule has 1 aromatic rings. The number of anilines is 1. The monoisotopic (exact) mass is 311 g/mol. The molecule has 0 radical (unpaired) electrons. The fourth-order valence-electron chi connectivity index (χ4n) is 2.78. The van der Waals surface area contributed by atoms with Crippen LogP contribution in [-0.2, 0) is 10.0 Å². The van der Waals surface area contributed by atoms with Crippen LogP contribution in [0.1, 0.15) is 25.3 Å². The van der Waals surface area contributed by atoms with Gasteiger partial charge in [-0.2, -0.15) is 4.31 Å². The lowest BCUT2D eigenvalue weighted by Gasteiger charge is -2.29. The summed E-state index contributed by atoms with van der Waals surface area (Å²) in [5, 5.41) is 0. The van der Waals surface area contributed by atoms with Crippen molar-refractivity contribution < 1.29 is 8.42 Å². The highest BCUT2D eigenvalue weighted by Gasteiger charge is 2.32. The highest BCUT2D eigenvalue weighted by molar-refractivity contribution is 7.89. The van der Waals surface area contributed by atoms with E-state index in [4.69, 9.17) is 5.73 Å². The minimum absolute atomic E-state index is 0.0185. The Bertz CT molecular complexity index is 601. The molecule has 0 amide bonds. The molecule has 5 nitrogen and oxygen atoms in total. The highest BCUT2D eigenvalue weighted by atomic mass is 32.2. The SMILES string of the molecule is CCC1CN(C)CCCN1S(=O)(=O)c1ccc(C)c(N)c1. The number of sulfonamides is 1. The number of nitrogens with zero attached hydrogens (tertiary/aromatic N) is 2. The Balaban J connectivity index is 2.38. The van der Waals surface area contributed by atoms with E-state index in [1.54, 1.807) is 22.5 Å². The summed E-state index contributed by atoms with van der Waals surface area (Å²) >= 11 is 0. The third-order valence-corrected chi connectivity index (χ3v) is 6.12. The number of hydrogen-bond donors (Lipinski definition) is 1. The van der Waals surface area contributed by atoms with Crippen molar-refractivity contribution in [2.75, 3.05) is 32.4 Å². The Labute approximate surface area is 127 Å². The number of hydrogen-bond acceptors (Lipinski definition) is 4. The zero-order valence-corrected chi connectivity index (χ0v) is 13.9. The molecule has 1 aromatic carbocycles. The van der Waals surface area contributed by atoms with Gasteiger partial charge in [-0.05, 0) is 51.1 Å². The van der Waals surface area contributed by atoms with E-state index in [-0.39, 0.29) is 6.04 Å². The van der Waals surface area contributed by atoms with Crippen LogP contribution in [0.25, 0.3) is 0 Å². The molecule has 1 saturated heterocycles. The van der Waals surface area contributed by atoms with Gasteiger partial charge in [-0.1, -0.05) is 13.0 Å². The molecule has 1 unspecified atom stereocenters. The maximum absolute atomic E-state index is 12.9. The van der Waals surface area contributed by atoms with E-state index < -0.39 is 10.0 Å². The van der Waals surface area contributed by atoms with Gasteiger partial charge in [0.2, 0.25) is 10.0 Å². The van der Waals surface area contributed by atoms with E-state index in [0.29, 0.717) is 17.1 Å². The molecule has 118 valence electrons. The zero-order chi connectivity index (χ0) is 15.6. The van der Waals surface area contributed by atoms with Crippen LogP contribution in [0.15, 0.2) is 23.1 Å². The lowest BCUT2D eigenvalue weighted by molar-refractivity contribution is 0.270. The Morgan fingerprint density at radius 3 is 2.67 bits per heavy atom. The standard InChI is InChI=1S/C15H25N3O2S/c1-4-13-11-17(3)8-5-9-18(13)21(19,20)14-7-6-12(2)15(16)10-14/h6-7,10,13H,4-5,8-9,11,16H2,1-3H3. The van der Waals surface area contributed by atoms with Gasteiger partial charge in [0.15, 0.2) is 0 Å². The Morgan fingerprint density at radius 1 is 1.33 bits per heavy atom. The molecule has 2 rings (SSSR count). The molecule has 6 heteroatoms.